The van der Waals surface area contributed by atoms with Gasteiger partial charge in [-0.15, -0.1) is 9.60 Å². The highest BCUT2D eigenvalue weighted by Gasteiger charge is 2.26. The second-order valence-corrected chi connectivity index (χ2v) is 2.91. The third kappa shape index (κ3) is 1.10. The first-order chi connectivity index (χ1) is 5.79. The van der Waals surface area contributed by atoms with Crippen LogP contribution in [-0.4, -0.2) is 11.7 Å². The maximum absolute atomic E-state index is 13.1. The number of alkyl halides is 1. The Kier molecular flexibility index (Phi) is 1.81. The molecule has 0 aromatic heterocycles. The van der Waals surface area contributed by atoms with E-state index in [0.717, 1.165) is 5.56 Å². The molecule has 0 N–H and O–H groups in total. The number of fused-ring (bicyclic) bond motifs is 1. The van der Waals surface area contributed by atoms with Crippen molar-refractivity contribution in [3.63, 3.8) is 0 Å². The summed E-state index contributed by atoms with van der Waals surface area (Å²) in [6.45, 7) is 0.151. The molecule has 1 aromatic rings. The molecule has 1 heterocycles. The van der Waals surface area contributed by atoms with Crippen LogP contribution in [0.5, 0.6) is 0 Å². The lowest BCUT2D eigenvalue weighted by atomic mass is 10.0. The average molecular weight is 169 g/mol. The molecule has 0 fully saturated rings. The predicted molar refractivity (Wildman–Crippen MR) is 41.8 cm³/mol. The van der Waals surface area contributed by atoms with Gasteiger partial charge in [-0.1, -0.05) is 24.3 Å². The second kappa shape index (κ2) is 2.83. The molecular weight excluding hydrogens is 160 g/mol. The van der Waals surface area contributed by atoms with Crippen LogP contribution >= 0.6 is 0 Å². The van der Waals surface area contributed by atoms with E-state index in [1.165, 1.54) is 0 Å². The largest absolute Gasteiger partial charge is 0.222 e. The quantitative estimate of drug-likeness (QED) is 0.425. The summed E-state index contributed by atoms with van der Waals surface area (Å²) in [5.74, 6) is 0. The van der Waals surface area contributed by atoms with Crippen LogP contribution < -0.4 is 0 Å². The van der Waals surface area contributed by atoms with Crippen molar-refractivity contribution in [2.45, 2.75) is 12.7 Å². The Bertz CT molecular complexity index is 288. The molecule has 0 saturated heterocycles. The van der Waals surface area contributed by atoms with Crippen molar-refractivity contribution in [3.05, 3.63) is 35.4 Å². The SMILES string of the molecule is FC1c2ccccc2CCN1F. The fourth-order valence-electron chi connectivity index (χ4n) is 1.49. The van der Waals surface area contributed by atoms with Crippen LogP contribution in [-0.2, 0) is 6.42 Å². The van der Waals surface area contributed by atoms with E-state index >= 15 is 0 Å². The molecule has 1 aliphatic heterocycles. The lowest BCUT2D eigenvalue weighted by Crippen LogP contribution is -2.26. The molecule has 2 rings (SSSR count). The Morgan fingerprint density at radius 3 is 2.92 bits per heavy atom. The average Bonchev–Trinajstić information content (AvgIpc) is 2.12. The summed E-state index contributed by atoms with van der Waals surface area (Å²) < 4.78 is 25.8. The molecule has 0 radical (unpaired) electrons. The summed E-state index contributed by atoms with van der Waals surface area (Å²) in [5, 5.41) is 0.238. The number of nitrogens with zero attached hydrogens (tertiary/aromatic N) is 1. The van der Waals surface area contributed by atoms with E-state index in [0.29, 0.717) is 12.0 Å². The van der Waals surface area contributed by atoms with Crippen molar-refractivity contribution in [3.8, 4) is 0 Å². The number of hydrogen-bond donors (Lipinski definition) is 0. The van der Waals surface area contributed by atoms with Crippen LogP contribution in [0.15, 0.2) is 24.3 Å². The zero-order valence-corrected chi connectivity index (χ0v) is 6.50. The van der Waals surface area contributed by atoms with Crippen molar-refractivity contribution in [2.75, 3.05) is 6.54 Å². The van der Waals surface area contributed by atoms with Crippen molar-refractivity contribution < 1.29 is 8.87 Å². The molecule has 1 unspecified atom stereocenters. The highest BCUT2D eigenvalue weighted by atomic mass is 19.2. The zero-order chi connectivity index (χ0) is 8.55. The molecule has 12 heavy (non-hydrogen) atoms. The van der Waals surface area contributed by atoms with Crippen LogP contribution in [0.2, 0.25) is 0 Å². The van der Waals surface area contributed by atoms with E-state index < -0.39 is 6.30 Å². The Labute approximate surface area is 69.5 Å². The molecule has 0 saturated carbocycles. The molecule has 3 heteroatoms. The maximum Gasteiger partial charge on any atom is 0.205 e. The van der Waals surface area contributed by atoms with Gasteiger partial charge in [0.1, 0.15) is 0 Å². The summed E-state index contributed by atoms with van der Waals surface area (Å²) in [6, 6.07) is 7.05. The monoisotopic (exact) mass is 169 g/mol. The fourth-order valence-corrected chi connectivity index (χ4v) is 1.49. The zero-order valence-electron chi connectivity index (χ0n) is 6.50. The first-order valence-electron chi connectivity index (χ1n) is 3.93. The van der Waals surface area contributed by atoms with Gasteiger partial charge in [0.15, 0.2) is 0 Å². The highest BCUT2D eigenvalue weighted by molar-refractivity contribution is 5.30. The fraction of sp³-hybridized carbons (Fsp3) is 0.333. The standard InChI is InChI=1S/C9H9F2N/c10-9-8-4-2-1-3-7(8)5-6-12(9)11/h1-4,9H,5-6H2. The number of hydrogen-bond acceptors (Lipinski definition) is 1. The summed E-state index contributed by atoms with van der Waals surface area (Å²) >= 11 is 0. The summed E-state index contributed by atoms with van der Waals surface area (Å²) in [6.07, 6.45) is -0.984. The lowest BCUT2D eigenvalue weighted by molar-refractivity contribution is -0.0883. The van der Waals surface area contributed by atoms with Crippen LogP contribution in [0.4, 0.5) is 8.87 Å². The van der Waals surface area contributed by atoms with E-state index in [9.17, 15) is 8.87 Å². The van der Waals surface area contributed by atoms with Crippen LogP contribution in [0.25, 0.3) is 0 Å². The predicted octanol–water partition coefficient (Wildman–Crippen LogP) is 2.40. The van der Waals surface area contributed by atoms with Gasteiger partial charge in [0.05, 0.1) is 0 Å². The van der Waals surface area contributed by atoms with Gasteiger partial charge in [0.25, 0.3) is 0 Å². The minimum atomic E-state index is -1.57. The third-order valence-electron chi connectivity index (χ3n) is 2.15. The lowest BCUT2D eigenvalue weighted by Gasteiger charge is -2.24. The second-order valence-electron chi connectivity index (χ2n) is 2.91. The van der Waals surface area contributed by atoms with E-state index in [1.54, 1.807) is 12.1 Å². The maximum atomic E-state index is 13.1. The van der Waals surface area contributed by atoms with Gasteiger partial charge in [-0.3, -0.25) is 0 Å². The van der Waals surface area contributed by atoms with Gasteiger partial charge in [0, 0.05) is 12.1 Å². The van der Waals surface area contributed by atoms with E-state index in [-0.39, 0.29) is 11.7 Å². The molecule has 1 nitrogen and oxygen atoms in total. The van der Waals surface area contributed by atoms with Crippen molar-refractivity contribution in [1.29, 1.82) is 0 Å². The molecule has 0 spiro atoms. The normalized spacial score (nSPS) is 23.7. The Balaban J connectivity index is 2.42. The van der Waals surface area contributed by atoms with Crippen LogP contribution in [0.3, 0.4) is 0 Å². The van der Waals surface area contributed by atoms with Crippen molar-refractivity contribution in [1.82, 2.24) is 5.12 Å². The first kappa shape index (κ1) is 7.68. The summed E-state index contributed by atoms with van der Waals surface area (Å²) in [4.78, 5) is 0. The number of benzene rings is 1. The minimum Gasteiger partial charge on any atom is -0.222 e. The van der Waals surface area contributed by atoms with Gasteiger partial charge in [-0.25, -0.2) is 4.39 Å². The summed E-state index contributed by atoms with van der Waals surface area (Å²) in [7, 11) is 0. The van der Waals surface area contributed by atoms with Gasteiger partial charge in [-0.2, -0.15) is 0 Å². The van der Waals surface area contributed by atoms with E-state index in [4.69, 9.17) is 0 Å². The molecule has 0 amide bonds. The number of rotatable bonds is 0. The van der Waals surface area contributed by atoms with Crippen LogP contribution in [0.1, 0.15) is 17.4 Å². The molecule has 1 aliphatic rings. The van der Waals surface area contributed by atoms with Gasteiger partial charge in [-0.05, 0) is 12.0 Å². The smallest absolute Gasteiger partial charge is 0.205 e. The molecule has 1 aromatic carbocycles. The topological polar surface area (TPSA) is 3.24 Å². The Morgan fingerprint density at radius 2 is 2.08 bits per heavy atom. The summed E-state index contributed by atoms with van der Waals surface area (Å²) in [5.41, 5.74) is 1.38. The molecule has 0 aliphatic carbocycles. The highest BCUT2D eigenvalue weighted by Crippen LogP contribution is 2.30. The molecular formula is C9H9F2N. The minimum absolute atomic E-state index is 0.151. The molecule has 0 bridgehead atoms. The van der Waals surface area contributed by atoms with Crippen molar-refractivity contribution in [2.24, 2.45) is 0 Å². The van der Waals surface area contributed by atoms with E-state index in [1.807, 2.05) is 12.1 Å². The first-order valence-corrected chi connectivity index (χ1v) is 3.93. The third-order valence-corrected chi connectivity index (χ3v) is 2.15. The van der Waals surface area contributed by atoms with Gasteiger partial charge < -0.3 is 0 Å². The Morgan fingerprint density at radius 1 is 1.33 bits per heavy atom. The van der Waals surface area contributed by atoms with Crippen molar-refractivity contribution >= 4 is 0 Å². The van der Waals surface area contributed by atoms with Gasteiger partial charge in [0.2, 0.25) is 6.30 Å². The molecule has 64 valence electrons. The van der Waals surface area contributed by atoms with E-state index in [2.05, 4.69) is 0 Å². The number of halogens is 2. The van der Waals surface area contributed by atoms with Gasteiger partial charge >= 0.3 is 0 Å². The molecule has 1 atom stereocenters. The van der Waals surface area contributed by atoms with Crippen LogP contribution in [0, 0.1) is 0 Å². The Hall–Kier alpha value is -0.960.